The maximum Gasteiger partial charge on any atom is 0.269 e. The third-order valence-electron chi connectivity index (χ3n) is 3.89. The number of hydrogen-bond acceptors (Lipinski definition) is 4. The van der Waals surface area contributed by atoms with Gasteiger partial charge >= 0.3 is 0 Å². The molecule has 0 aromatic heterocycles. The molecule has 0 bridgehead atoms. The Labute approximate surface area is 118 Å². The Balaban J connectivity index is 2.10. The van der Waals surface area contributed by atoms with E-state index in [1.165, 1.54) is 21.6 Å². The number of anilines is 1. The lowest BCUT2D eigenvalue weighted by Gasteiger charge is -2.37. The first-order valence-electron chi connectivity index (χ1n) is 6.73. The zero-order valence-electron chi connectivity index (χ0n) is 12.1. The summed E-state index contributed by atoms with van der Waals surface area (Å²) < 4.78 is 0. The third kappa shape index (κ3) is 2.76. The normalized spacial score (nSPS) is 15.3. The van der Waals surface area contributed by atoms with Crippen LogP contribution in [0.25, 0.3) is 0 Å². The van der Waals surface area contributed by atoms with Crippen molar-refractivity contribution in [3.63, 3.8) is 0 Å². The largest absolute Gasteiger partial charge is 0.540 e. The van der Waals surface area contributed by atoms with Gasteiger partial charge in [-0.15, -0.1) is 0 Å². The molecule has 0 aliphatic carbocycles. The van der Waals surface area contributed by atoms with Gasteiger partial charge in [0.25, 0.3) is 5.91 Å². The number of hydrogen-bond donors (Lipinski definition) is 0. The fraction of sp³-hybridized carbons (Fsp3) is 0.467. The second-order valence-electron chi connectivity index (χ2n) is 5.29. The highest BCUT2D eigenvalue weighted by atomic mass is 16.4. The van der Waals surface area contributed by atoms with Crippen LogP contribution in [0.5, 0.6) is 0 Å². The highest BCUT2D eigenvalue weighted by molar-refractivity contribution is 6.30. The SMILES string of the molecule is Cc1cc(C)c(N2CCN(C(=O)C(=O)[O-])CC2)cc1C. The molecule has 1 aromatic rings. The van der Waals surface area contributed by atoms with Gasteiger partial charge in [-0.3, -0.25) is 4.79 Å². The molecule has 1 saturated heterocycles. The van der Waals surface area contributed by atoms with Crippen molar-refractivity contribution >= 4 is 17.6 Å². The fourth-order valence-corrected chi connectivity index (χ4v) is 2.57. The Hall–Kier alpha value is -2.04. The Kier molecular flexibility index (Phi) is 3.97. The van der Waals surface area contributed by atoms with Crippen molar-refractivity contribution in [3.8, 4) is 0 Å². The summed E-state index contributed by atoms with van der Waals surface area (Å²) in [4.78, 5) is 25.5. The van der Waals surface area contributed by atoms with Crippen LogP contribution in [0.2, 0.25) is 0 Å². The maximum atomic E-state index is 11.4. The summed E-state index contributed by atoms with van der Waals surface area (Å²) in [6.07, 6.45) is 0. The van der Waals surface area contributed by atoms with Crippen LogP contribution >= 0.6 is 0 Å². The second kappa shape index (κ2) is 5.53. The zero-order valence-corrected chi connectivity index (χ0v) is 12.1. The number of aryl methyl sites for hydroxylation is 3. The van der Waals surface area contributed by atoms with Gasteiger partial charge in [-0.25, -0.2) is 0 Å². The first kappa shape index (κ1) is 14.4. The summed E-state index contributed by atoms with van der Waals surface area (Å²) in [7, 11) is 0. The van der Waals surface area contributed by atoms with Gasteiger partial charge in [-0.05, 0) is 43.5 Å². The van der Waals surface area contributed by atoms with Crippen LogP contribution in [-0.2, 0) is 9.59 Å². The molecule has 2 rings (SSSR count). The molecule has 0 saturated carbocycles. The van der Waals surface area contributed by atoms with E-state index in [9.17, 15) is 14.7 Å². The summed E-state index contributed by atoms with van der Waals surface area (Å²) in [6.45, 7) is 8.35. The average molecular weight is 275 g/mol. The van der Waals surface area contributed by atoms with Gasteiger partial charge in [0.2, 0.25) is 0 Å². The topological polar surface area (TPSA) is 63.7 Å². The van der Waals surface area contributed by atoms with E-state index in [2.05, 4.69) is 37.8 Å². The lowest BCUT2D eigenvalue weighted by molar-refractivity contribution is -0.301. The molecule has 0 unspecified atom stereocenters. The monoisotopic (exact) mass is 275 g/mol. The number of aliphatic carboxylic acids is 1. The van der Waals surface area contributed by atoms with E-state index in [4.69, 9.17) is 0 Å². The summed E-state index contributed by atoms with van der Waals surface area (Å²) in [5.41, 5.74) is 4.86. The Bertz CT molecular complexity index is 546. The van der Waals surface area contributed by atoms with E-state index in [0.29, 0.717) is 26.2 Å². The lowest BCUT2D eigenvalue weighted by Crippen LogP contribution is -2.53. The van der Waals surface area contributed by atoms with Gasteiger partial charge in [0.05, 0.1) is 0 Å². The molecule has 20 heavy (non-hydrogen) atoms. The first-order valence-corrected chi connectivity index (χ1v) is 6.73. The van der Waals surface area contributed by atoms with Crippen molar-refractivity contribution in [1.82, 2.24) is 4.90 Å². The molecule has 0 spiro atoms. The van der Waals surface area contributed by atoms with Crippen molar-refractivity contribution in [2.24, 2.45) is 0 Å². The van der Waals surface area contributed by atoms with E-state index >= 15 is 0 Å². The molecule has 1 aromatic carbocycles. The highest BCUT2D eigenvalue weighted by Gasteiger charge is 2.22. The molecule has 108 valence electrons. The van der Waals surface area contributed by atoms with Gasteiger partial charge < -0.3 is 19.7 Å². The minimum absolute atomic E-state index is 0.416. The predicted octanol–water partition coefficient (Wildman–Crippen LogP) is 0.0104. The highest BCUT2D eigenvalue weighted by Crippen LogP contribution is 2.25. The van der Waals surface area contributed by atoms with E-state index in [0.717, 1.165) is 5.69 Å². The molecule has 5 heteroatoms. The molecule has 0 N–H and O–H groups in total. The molecular weight excluding hydrogens is 256 g/mol. The molecule has 1 amide bonds. The van der Waals surface area contributed by atoms with Gasteiger partial charge in [0.15, 0.2) is 0 Å². The van der Waals surface area contributed by atoms with Crippen molar-refractivity contribution in [2.45, 2.75) is 20.8 Å². The number of benzene rings is 1. The predicted molar refractivity (Wildman–Crippen MR) is 74.5 cm³/mol. The quantitative estimate of drug-likeness (QED) is 0.677. The number of carboxylic acid groups (broad SMARTS) is 1. The molecule has 5 nitrogen and oxygen atoms in total. The van der Waals surface area contributed by atoms with Crippen LogP contribution in [0.15, 0.2) is 12.1 Å². The minimum atomic E-state index is -1.62. The summed E-state index contributed by atoms with van der Waals surface area (Å²) in [5.74, 6) is -2.54. The van der Waals surface area contributed by atoms with E-state index in [1.54, 1.807) is 0 Å². The molecule has 0 radical (unpaired) electrons. The Morgan fingerprint density at radius 2 is 1.50 bits per heavy atom. The third-order valence-corrected chi connectivity index (χ3v) is 3.89. The molecule has 1 heterocycles. The average Bonchev–Trinajstić information content (AvgIpc) is 2.42. The van der Waals surface area contributed by atoms with Crippen LogP contribution in [0.3, 0.4) is 0 Å². The van der Waals surface area contributed by atoms with Gasteiger partial charge in [0.1, 0.15) is 5.97 Å². The smallest absolute Gasteiger partial charge is 0.269 e. The molecule has 1 aliphatic rings. The number of carbonyl (C=O) groups excluding carboxylic acids is 2. The van der Waals surface area contributed by atoms with Gasteiger partial charge in [0, 0.05) is 31.9 Å². The molecule has 1 fully saturated rings. The first-order chi connectivity index (χ1) is 9.40. The lowest BCUT2D eigenvalue weighted by atomic mass is 10.0. The molecular formula is C15H19N2O3-. The Morgan fingerprint density at radius 1 is 0.950 bits per heavy atom. The summed E-state index contributed by atoms with van der Waals surface area (Å²) in [5, 5.41) is 10.6. The van der Waals surface area contributed by atoms with Crippen LogP contribution in [0.4, 0.5) is 5.69 Å². The van der Waals surface area contributed by atoms with Crippen molar-refractivity contribution < 1.29 is 14.7 Å². The van der Waals surface area contributed by atoms with Crippen LogP contribution < -0.4 is 10.0 Å². The van der Waals surface area contributed by atoms with Crippen molar-refractivity contribution in [2.75, 3.05) is 31.1 Å². The van der Waals surface area contributed by atoms with Crippen LogP contribution in [0.1, 0.15) is 16.7 Å². The summed E-state index contributed by atoms with van der Waals surface area (Å²) >= 11 is 0. The number of carbonyl (C=O) groups is 2. The number of rotatable bonds is 1. The summed E-state index contributed by atoms with van der Waals surface area (Å²) in [6, 6.07) is 4.31. The Morgan fingerprint density at radius 3 is 2.05 bits per heavy atom. The molecule has 0 atom stereocenters. The maximum absolute atomic E-state index is 11.4. The fourth-order valence-electron chi connectivity index (χ4n) is 2.57. The zero-order chi connectivity index (χ0) is 14.9. The van der Waals surface area contributed by atoms with Gasteiger partial charge in [-0.2, -0.15) is 0 Å². The number of carboxylic acids is 1. The number of nitrogens with zero attached hydrogens (tertiary/aromatic N) is 2. The second-order valence-corrected chi connectivity index (χ2v) is 5.29. The number of amides is 1. The van der Waals surface area contributed by atoms with E-state index in [-0.39, 0.29) is 0 Å². The minimum Gasteiger partial charge on any atom is -0.540 e. The van der Waals surface area contributed by atoms with Crippen molar-refractivity contribution in [3.05, 3.63) is 28.8 Å². The molecule has 1 aliphatic heterocycles. The van der Waals surface area contributed by atoms with Crippen molar-refractivity contribution in [1.29, 1.82) is 0 Å². The van der Waals surface area contributed by atoms with E-state index < -0.39 is 11.9 Å². The van der Waals surface area contributed by atoms with Crippen LogP contribution in [0, 0.1) is 20.8 Å². The van der Waals surface area contributed by atoms with E-state index in [1.807, 2.05) is 0 Å². The van der Waals surface area contributed by atoms with Gasteiger partial charge in [-0.1, -0.05) is 6.07 Å². The van der Waals surface area contributed by atoms with Crippen LogP contribution in [-0.4, -0.2) is 43.0 Å². The standard InChI is InChI=1S/C15H20N2O3/c1-10-8-12(3)13(9-11(10)2)16-4-6-17(7-5-16)14(18)15(19)20/h8-9H,4-7H2,1-3H3,(H,19,20)/p-1. The number of piperazine rings is 1.